The van der Waals surface area contributed by atoms with E-state index in [4.69, 9.17) is 11.6 Å². The van der Waals surface area contributed by atoms with E-state index in [0.717, 1.165) is 30.3 Å². The molecule has 0 bridgehead atoms. The smallest absolute Gasteiger partial charge is 0.257 e. The van der Waals surface area contributed by atoms with Crippen molar-refractivity contribution in [3.8, 4) is 0 Å². The van der Waals surface area contributed by atoms with Crippen LogP contribution >= 0.6 is 27.5 Å². The highest BCUT2D eigenvalue weighted by molar-refractivity contribution is 9.10. The molecular weight excluding hydrogens is 328 g/mol. The fourth-order valence-corrected chi connectivity index (χ4v) is 3.11. The summed E-state index contributed by atoms with van der Waals surface area (Å²) in [6.07, 6.45) is 7.16. The van der Waals surface area contributed by atoms with Gasteiger partial charge in [-0.2, -0.15) is 0 Å². The van der Waals surface area contributed by atoms with Gasteiger partial charge in [0, 0.05) is 23.3 Å². The lowest BCUT2D eigenvalue weighted by atomic mass is 10.1. The number of carbonyl (C=O) groups excluding carboxylic acids is 1. The predicted octanol–water partition coefficient (Wildman–Crippen LogP) is 4.29. The van der Waals surface area contributed by atoms with Gasteiger partial charge in [0.1, 0.15) is 5.15 Å². The normalized spacial score (nSPS) is 20.2. The Morgan fingerprint density at radius 2 is 2.32 bits per heavy atom. The first-order valence-electron chi connectivity index (χ1n) is 6.75. The van der Waals surface area contributed by atoms with Crippen molar-refractivity contribution in [3.63, 3.8) is 0 Å². The van der Waals surface area contributed by atoms with E-state index >= 15 is 0 Å². The summed E-state index contributed by atoms with van der Waals surface area (Å²) in [7, 11) is 0. The van der Waals surface area contributed by atoms with E-state index in [1.807, 2.05) is 4.90 Å². The van der Waals surface area contributed by atoms with Crippen molar-refractivity contribution in [1.82, 2.24) is 9.88 Å². The van der Waals surface area contributed by atoms with Gasteiger partial charge in [-0.05, 0) is 41.3 Å². The zero-order valence-electron chi connectivity index (χ0n) is 11.0. The Hall–Kier alpha value is -0.610. The number of hydrogen-bond donors (Lipinski definition) is 0. The van der Waals surface area contributed by atoms with Gasteiger partial charge in [0.15, 0.2) is 0 Å². The van der Waals surface area contributed by atoms with Crippen LogP contribution in [-0.4, -0.2) is 28.4 Å². The number of rotatable bonds is 2. The third-order valence-electron chi connectivity index (χ3n) is 3.65. The minimum atomic E-state index is 0.00699. The van der Waals surface area contributed by atoms with Crippen LogP contribution in [0.4, 0.5) is 0 Å². The van der Waals surface area contributed by atoms with Crippen LogP contribution in [0.5, 0.6) is 0 Å². The van der Waals surface area contributed by atoms with Gasteiger partial charge in [0.25, 0.3) is 5.91 Å². The molecule has 0 radical (unpaired) electrons. The molecule has 1 atom stereocenters. The molecule has 1 unspecified atom stereocenters. The molecule has 1 amide bonds. The number of hydrogen-bond acceptors (Lipinski definition) is 2. The summed E-state index contributed by atoms with van der Waals surface area (Å²) < 4.78 is 0.781. The first-order chi connectivity index (χ1) is 9.13. The molecule has 19 heavy (non-hydrogen) atoms. The first kappa shape index (κ1) is 14.8. The van der Waals surface area contributed by atoms with Crippen molar-refractivity contribution < 1.29 is 4.79 Å². The Morgan fingerprint density at radius 1 is 1.53 bits per heavy atom. The van der Waals surface area contributed by atoms with Gasteiger partial charge < -0.3 is 4.90 Å². The molecule has 0 aromatic carbocycles. The van der Waals surface area contributed by atoms with Crippen molar-refractivity contribution in [2.24, 2.45) is 0 Å². The highest BCUT2D eigenvalue weighted by atomic mass is 79.9. The van der Waals surface area contributed by atoms with Gasteiger partial charge in [-0.25, -0.2) is 4.98 Å². The lowest BCUT2D eigenvalue weighted by Gasteiger charge is -2.29. The quantitative estimate of drug-likeness (QED) is 0.749. The van der Waals surface area contributed by atoms with Crippen LogP contribution in [0.2, 0.25) is 5.15 Å². The highest BCUT2D eigenvalue weighted by Crippen LogP contribution is 2.25. The number of likely N-dealkylation sites (tertiary alicyclic amines) is 1. The fraction of sp³-hybridized carbons (Fsp3) is 0.571. The maximum atomic E-state index is 12.7. The van der Waals surface area contributed by atoms with Crippen molar-refractivity contribution in [3.05, 3.63) is 27.5 Å². The zero-order valence-corrected chi connectivity index (χ0v) is 13.4. The first-order valence-corrected chi connectivity index (χ1v) is 7.92. The average molecular weight is 346 g/mol. The van der Waals surface area contributed by atoms with E-state index in [1.165, 1.54) is 12.8 Å². The van der Waals surface area contributed by atoms with E-state index in [1.54, 1.807) is 12.3 Å². The highest BCUT2D eigenvalue weighted by Gasteiger charge is 2.26. The van der Waals surface area contributed by atoms with E-state index in [2.05, 4.69) is 27.8 Å². The molecule has 1 saturated heterocycles. The predicted molar refractivity (Wildman–Crippen MR) is 80.5 cm³/mol. The minimum absolute atomic E-state index is 0.00699. The van der Waals surface area contributed by atoms with Gasteiger partial charge in [-0.15, -0.1) is 0 Å². The topological polar surface area (TPSA) is 33.2 Å². The average Bonchev–Trinajstić information content (AvgIpc) is 2.65. The summed E-state index contributed by atoms with van der Waals surface area (Å²) in [6, 6.07) is 2.08. The molecule has 2 rings (SSSR count). The van der Waals surface area contributed by atoms with Gasteiger partial charge in [-0.3, -0.25) is 4.79 Å². The van der Waals surface area contributed by atoms with E-state index in [0.29, 0.717) is 11.6 Å². The third kappa shape index (κ3) is 3.48. The SMILES string of the molecule is CCC1CCCCCN1C(=O)c1cc(Br)cnc1Cl. The molecule has 3 nitrogen and oxygen atoms in total. The summed E-state index contributed by atoms with van der Waals surface area (Å²) in [5.41, 5.74) is 0.497. The second-order valence-corrected chi connectivity index (χ2v) is 6.18. The van der Waals surface area contributed by atoms with Crippen LogP contribution in [0.1, 0.15) is 49.4 Å². The number of carbonyl (C=O) groups is 1. The van der Waals surface area contributed by atoms with Crippen molar-refractivity contribution in [2.75, 3.05) is 6.54 Å². The number of pyridine rings is 1. The van der Waals surface area contributed by atoms with Crippen molar-refractivity contribution in [1.29, 1.82) is 0 Å². The molecule has 0 aliphatic carbocycles. The van der Waals surface area contributed by atoms with Crippen LogP contribution < -0.4 is 0 Å². The summed E-state index contributed by atoms with van der Waals surface area (Å²) in [6.45, 7) is 2.96. The molecule has 1 aliphatic heterocycles. The van der Waals surface area contributed by atoms with Crippen LogP contribution in [0.25, 0.3) is 0 Å². The second-order valence-electron chi connectivity index (χ2n) is 4.90. The van der Waals surface area contributed by atoms with Crippen LogP contribution in [0.15, 0.2) is 16.7 Å². The third-order valence-corrected chi connectivity index (χ3v) is 4.38. The van der Waals surface area contributed by atoms with Crippen molar-refractivity contribution >= 4 is 33.4 Å². The molecule has 0 N–H and O–H groups in total. The summed E-state index contributed by atoms with van der Waals surface area (Å²) in [5.74, 6) is 0.00699. The molecule has 1 fully saturated rings. The maximum Gasteiger partial charge on any atom is 0.257 e. The lowest BCUT2D eigenvalue weighted by molar-refractivity contribution is 0.0678. The molecule has 1 aliphatic rings. The van der Waals surface area contributed by atoms with E-state index in [9.17, 15) is 4.79 Å². The van der Waals surface area contributed by atoms with Gasteiger partial charge in [0.2, 0.25) is 0 Å². The number of amides is 1. The summed E-state index contributed by atoms with van der Waals surface area (Å²) >= 11 is 9.41. The van der Waals surface area contributed by atoms with Gasteiger partial charge >= 0.3 is 0 Å². The molecule has 1 aromatic rings. The minimum Gasteiger partial charge on any atom is -0.336 e. The van der Waals surface area contributed by atoms with Crippen LogP contribution in [-0.2, 0) is 0 Å². The molecule has 0 saturated carbocycles. The maximum absolute atomic E-state index is 12.7. The standard InChI is InChI=1S/C14H18BrClN2O/c1-2-11-6-4-3-5-7-18(11)14(19)12-8-10(15)9-17-13(12)16/h8-9,11H,2-7H2,1H3. The zero-order chi connectivity index (χ0) is 13.8. The molecule has 104 valence electrons. The Balaban J connectivity index is 2.27. The molecule has 1 aromatic heterocycles. The molecule has 0 spiro atoms. The second kappa shape index (κ2) is 6.71. The Labute approximate surface area is 127 Å². The van der Waals surface area contributed by atoms with E-state index in [-0.39, 0.29) is 11.1 Å². The van der Waals surface area contributed by atoms with Crippen LogP contribution in [0, 0.1) is 0 Å². The summed E-state index contributed by atoms with van der Waals surface area (Å²) in [4.78, 5) is 18.7. The monoisotopic (exact) mass is 344 g/mol. The Bertz CT molecular complexity index is 467. The molecule has 5 heteroatoms. The lowest BCUT2D eigenvalue weighted by Crippen LogP contribution is -2.39. The summed E-state index contributed by atoms with van der Waals surface area (Å²) in [5, 5.41) is 0.285. The van der Waals surface area contributed by atoms with E-state index < -0.39 is 0 Å². The molecule has 2 heterocycles. The Kier molecular flexibility index (Phi) is 5.22. The molecular formula is C14H18BrClN2O. The largest absolute Gasteiger partial charge is 0.336 e. The number of halogens is 2. The van der Waals surface area contributed by atoms with Gasteiger partial charge in [0.05, 0.1) is 5.56 Å². The fourth-order valence-electron chi connectivity index (χ4n) is 2.60. The van der Waals surface area contributed by atoms with Crippen LogP contribution in [0.3, 0.4) is 0 Å². The van der Waals surface area contributed by atoms with Gasteiger partial charge in [-0.1, -0.05) is 31.4 Å². The number of aromatic nitrogens is 1. The van der Waals surface area contributed by atoms with Crippen molar-refractivity contribution in [2.45, 2.75) is 45.1 Å². The number of nitrogens with zero attached hydrogens (tertiary/aromatic N) is 2. The Morgan fingerprint density at radius 3 is 3.05 bits per heavy atom.